The van der Waals surface area contributed by atoms with Crippen molar-refractivity contribution >= 4 is 18.0 Å². The van der Waals surface area contributed by atoms with Crippen LogP contribution in [0.15, 0.2) is 0 Å². The predicted octanol–water partition coefficient (Wildman–Crippen LogP) is 0.931. The number of hydrogen-bond donors (Lipinski definition) is 1. The molecule has 0 spiro atoms. The number of rotatable bonds is 5. The fourth-order valence-electron chi connectivity index (χ4n) is 2.22. The first-order valence-corrected chi connectivity index (χ1v) is 6.87. The molecular formula is C13H22N2O5. The van der Waals surface area contributed by atoms with Crippen molar-refractivity contribution in [2.75, 3.05) is 26.7 Å². The average Bonchev–Trinajstić information content (AvgIpc) is 2.44. The summed E-state index contributed by atoms with van der Waals surface area (Å²) in [5.74, 6) is -1.34. The summed E-state index contributed by atoms with van der Waals surface area (Å²) >= 11 is 0. The van der Waals surface area contributed by atoms with E-state index < -0.39 is 12.0 Å². The van der Waals surface area contributed by atoms with Crippen LogP contribution in [0, 0.1) is 0 Å². The molecule has 0 aromatic carbocycles. The summed E-state index contributed by atoms with van der Waals surface area (Å²) in [5.41, 5.74) is 0. The fourth-order valence-corrected chi connectivity index (χ4v) is 2.22. The molecule has 1 aliphatic rings. The van der Waals surface area contributed by atoms with E-state index in [4.69, 9.17) is 9.84 Å². The van der Waals surface area contributed by atoms with Gasteiger partial charge in [-0.3, -0.25) is 4.79 Å². The minimum Gasteiger partial charge on any atom is -0.480 e. The third-order valence-corrected chi connectivity index (χ3v) is 3.32. The van der Waals surface area contributed by atoms with E-state index in [0.717, 1.165) is 12.8 Å². The number of esters is 1. The second kappa shape index (κ2) is 7.72. The van der Waals surface area contributed by atoms with Crippen LogP contribution < -0.4 is 0 Å². The average molecular weight is 286 g/mol. The summed E-state index contributed by atoms with van der Waals surface area (Å²) in [6.07, 6.45) is 2.21. The van der Waals surface area contributed by atoms with Gasteiger partial charge in [-0.1, -0.05) is 0 Å². The summed E-state index contributed by atoms with van der Waals surface area (Å²) in [4.78, 5) is 37.4. The maximum absolute atomic E-state index is 12.2. The second-order valence-electron chi connectivity index (χ2n) is 4.80. The zero-order chi connectivity index (χ0) is 15.1. The van der Waals surface area contributed by atoms with Gasteiger partial charge < -0.3 is 19.6 Å². The number of carboxylic acid groups (broad SMARTS) is 1. The highest BCUT2D eigenvalue weighted by atomic mass is 16.5. The molecule has 0 bridgehead atoms. The van der Waals surface area contributed by atoms with Gasteiger partial charge in [0.2, 0.25) is 0 Å². The van der Waals surface area contributed by atoms with Gasteiger partial charge in [-0.15, -0.1) is 0 Å². The number of aliphatic carboxylic acids is 1. The van der Waals surface area contributed by atoms with Crippen molar-refractivity contribution in [1.82, 2.24) is 9.80 Å². The van der Waals surface area contributed by atoms with Crippen LogP contribution in [-0.4, -0.2) is 65.7 Å². The first-order chi connectivity index (χ1) is 9.47. The highest BCUT2D eigenvalue weighted by molar-refractivity contribution is 5.83. The van der Waals surface area contributed by atoms with Gasteiger partial charge in [0.15, 0.2) is 0 Å². The van der Waals surface area contributed by atoms with Crippen LogP contribution in [0.3, 0.4) is 0 Å². The lowest BCUT2D eigenvalue weighted by Gasteiger charge is -2.35. The van der Waals surface area contributed by atoms with E-state index in [2.05, 4.69) is 0 Å². The monoisotopic (exact) mass is 286 g/mol. The Hall–Kier alpha value is -1.79. The summed E-state index contributed by atoms with van der Waals surface area (Å²) in [6.45, 7) is 2.70. The molecule has 0 radical (unpaired) electrons. The smallest absolute Gasteiger partial charge is 0.326 e. The highest BCUT2D eigenvalue weighted by Gasteiger charge is 2.33. The number of ether oxygens (including phenoxy) is 1. The van der Waals surface area contributed by atoms with E-state index in [1.807, 2.05) is 0 Å². The minimum atomic E-state index is -0.975. The number of likely N-dealkylation sites (tertiary alicyclic amines) is 1. The van der Waals surface area contributed by atoms with Gasteiger partial charge >= 0.3 is 18.0 Å². The summed E-state index contributed by atoms with van der Waals surface area (Å²) in [6, 6.07) is -1.11. The Balaban J connectivity index is 2.53. The topological polar surface area (TPSA) is 87.2 Å². The number of amides is 2. The van der Waals surface area contributed by atoms with Crippen molar-refractivity contribution in [3.63, 3.8) is 0 Å². The standard InChI is InChI=1S/C13H22N2O5/c1-3-20-11(16)7-9-14(2)13(19)15-8-5-4-6-10(15)12(17)18/h10H,3-9H2,1-2H3,(H,17,18). The summed E-state index contributed by atoms with van der Waals surface area (Å²) < 4.78 is 4.79. The Bertz CT molecular complexity index is 372. The molecular weight excluding hydrogens is 264 g/mol. The first kappa shape index (κ1) is 16.3. The number of carboxylic acids is 1. The van der Waals surface area contributed by atoms with Crippen molar-refractivity contribution in [3.8, 4) is 0 Å². The molecule has 0 aliphatic carbocycles. The molecule has 0 aromatic rings. The normalized spacial score (nSPS) is 18.5. The quantitative estimate of drug-likeness (QED) is 0.760. The maximum Gasteiger partial charge on any atom is 0.326 e. The number of carbonyl (C=O) groups is 3. The minimum absolute atomic E-state index is 0.113. The number of carbonyl (C=O) groups excluding carboxylic acids is 2. The van der Waals surface area contributed by atoms with E-state index in [-0.39, 0.29) is 25.0 Å². The highest BCUT2D eigenvalue weighted by Crippen LogP contribution is 2.18. The van der Waals surface area contributed by atoms with Crippen LogP contribution in [0.2, 0.25) is 0 Å². The molecule has 0 saturated carbocycles. The van der Waals surface area contributed by atoms with Gasteiger partial charge in [0.1, 0.15) is 6.04 Å². The van der Waals surface area contributed by atoms with Gasteiger partial charge in [0.25, 0.3) is 0 Å². The van der Waals surface area contributed by atoms with Crippen LogP contribution >= 0.6 is 0 Å². The lowest BCUT2D eigenvalue weighted by molar-refractivity contribution is -0.144. The van der Waals surface area contributed by atoms with Gasteiger partial charge in [0.05, 0.1) is 13.0 Å². The Morgan fingerprint density at radius 3 is 2.65 bits per heavy atom. The molecule has 1 unspecified atom stereocenters. The van der Waals surface area contributed by atoms with Crippen LogP contribution in [0.4, 0.5) is 4.79 Å². The largest absolute Gasteiger partial charge is 0.480 e. The lowest BCUT2D eigenvalue weighted by Crippen LogP contribution is -2.52. The maximum atomic E-state index is 12.2. The third-order valence-electron chi connectivity index (χ3n) is 3.32. The Labute approximate surface area is 118 Å². The first-order valence-electron chi connectivity index (χ1n) is 6.87. The Morgan fingerprint density at radius 1 is 1.35 bits per heavy atom. The summed E-state index contributed by atoms with van der Waals surface area (Å²) in [7, 11) is 1.56. The van der Waals surface area contributed by atoms with E-state index in [0.29, 0.717) is 19.6 Å². The SMILES string of the molecule is CCOC(=O)CCN(C)C(=O)N1CCCCC1C(=O)O. The molecule has 114 valence electrons. The van der Waals surface area contributed by atoms with E-state index in [1.165, 1.54) is 9.80 Å². The molecule has 1 atom stereocenters. The van der Waals surface area contributed by atoms with Crippen molar-refractivity contribution in [2.24, 2.45) is 0 Å². The molecule has 1 aliphatic heterocycles. The van der Waals surface area contributed by atoms with Crippen molar-refractivity contribution in [3.05, 3.63) is 0 Å². The van der Waals surface area contributed by atoms with Crippen molar-refractivity contribution < 1.29 is 24.2 Å². The van der Waals surface area contributed by atoms with Gasteiger partial charge in [-0.05, 0) is 26.2 Å². The summed E-state index contributed by atoms with van der Waals surface area (Å²) in [5, 5.41) is 9.14. The van der Waals surface area contributed by atoms with Crippen molar-refractivity contribution in [2.45, 2.75) is 38.6 Å². The third kappa shape index (κ3) is 4.40. The van der Waals surface area contributed by atoms with Gasteiger partial charge in [-0.2, -0.15) is 0 Å². The number of piperidine rings is 1. The molecule has 1 fully saturated rings. The number of nitrogens with zero attached hydrogens (tertiary/aromatic N) is 2. The molecule has 1 rings (SSSR count). The fraction of sp³-hybridized carbons (Fsp3) is 0.769. The molecule has 1 N–H and O–H groups in total. The molecule has 2 amide bonds. The molecule has 7 heteroatoms. The van der Waals surface area contributed by atoms with Crippen LogP contribution in [-0.2, 0) is 14.3 Å². The lowest BCUT2D eigenvalue weighted by atomic mass is 10.0. The van der Waals surface area contributed by atoms with Crippen LogP contribution in [0.25, 0.3) is 0 Å². The Kier molecular flexibility index (Phi) is 6.27. The van der Waals surface area contributed by atoms with Crippen LogP contribution in [0.1, 0.15) is 32.6 Å². The molecule has 1 saturated heterocycles. The van der Waals surface area contributed by atoms with Gasteiger partial charge in [0, 0.05) is 20.1 Å². The predicted molar refractivity (Wildman–Crippen MR) is 71.3 cm³/mol. The zero-order valence-electron chi connectivity index (χ0n) is 12.0. The number of urea groups is 1. The van der Waals surface area contributed by atoms with E-state index >= 15 is 0 Å². The molecule has 1 heterocycles. The second-order valence-corrected chi connectivity index (χ2v) is 4.80. The molecule has 0 aromatic heterocycles. The molecule has 7 nitrogen and oxygen atoms in total. The zero-order valence-corrected chi connectivity index (χ0v) is 12.0. The Morgan fingerprint density at radius 2 is 2.05 bits per heavy atom. The van der Waals surface area contributed by atoms with E-state index in [9.17, 15) is 14.4 Å². The van der Waals surface area contributed by atoms with Crippen LogP contribution in [0.5, 0.6) is 0 Å². The number of hydrogen-bond acceptors (Lipinski definition) is 4. The van der Waals surface area contributed by atoms with E-state index in [1.54, 1.807) is 14.0 Å². The molecule has 20 heavy (non-hydrogen) atoms. The van der Waals surface area contributed by atoms with Crippen molar-refractivity contribution in [1.29, 1.82) is 0 Å². The van der Waals surface area contributed by atoms with Gasteiger partial charge in [-0.25, -0.2) is 9.59 Å².